The van der Waals surface area contributed by atoms with E-state index in [0.29, 0.717) is 32.0 Å². The van der Waals surface area contributed by atoms with Crippen LogP contribution in [-0.2, 0) is 16.6 Å². The molecule has 0 spiro atoms. The van der Waals surface area contributed by atoms with Crippen molar-refractivity contribution < 1.29 is 12.8 Å². The minimum atomic E-state index is -3.11. The third-order valence-electron chi connectivity index (χ3n) is 2.33. The van der Waals surface area contributed by atoms with Crippen LogP contribution in [0.5, 0.6) is 0 Å². The summed E-state index contributed by atoms with van der Waals surface area (Å²) >= 11 is 0. The first kappa shape index (κ1) is 20.2. The second-order valence-corrected chi connectivity index (χ2v) is 6.05. The summed E-state index contributed by atoms with van der Waals surface area (Å²) in [6.45, 7) is 4.24. The van der Waals surface area contributed by atoms with Gasteiger partial charge in [-0.3, -0.25) is 0 Å². The first-order chi connectivity index (χ1) is 9.51. The lowest BCUT2D eigenvalue weighted by Gasteiger charge is -2.10. The normalized spacial score (nSPS) is 11.8. The Balaban J connectivity index is 0.00000400. The van der Waals surface area contributed by atoms with Crippen molar-refractivity contribution in [1.29, 1.82) is 0 Å². The highest BCUT2D eigenvalue weighted by Crippen LogP contribution is 2.00. The van der Waals surface area contributed by atoms with E-state index in [-0.39, 0.29) is 24.0 Å². The highest BCUT2D eigenvalue weighted by atomic mass is 127. The van der Waals surface area contributed by atoms with Crippen LogP contribution in [0.15, 0.2) is 27.8 Å². The standard InChI is InChI=1S/C12H22N4O3S.HI/c1-3-13-12(15-10-11-6-4-9-19-11)14-7-5-8-16-20(2,17)18;/h4,6,9,16H,3,5,7-8,10H2,1-2H3,(H2,13,14,15);1H. The molecule has 1 heterocycles. The van der Waals surface area contributed by atoms with Crippen molar-refractivity contribution in [3.05, 3.63) is 24.2 Å². The van der Waals surface area contributed by atoms with Crippen LogP contribution < -0.4 is 15.4 Å². The maximum Gasteiger partial charge on any atom is 0.208 e. The van der Waals surface area contributed by atoms with Gasteiger partial charge >= 0.3 is 0 Å². The number of nitrogens with zero attached hydrogens (tertiary/aromatic N) is 1. The van der Waals surface area contributed by atoms with Crippen LogP contribution in [0, 0.1) is 0 Å². The fraction of sp³-hybridized carbons (Fsp3) is 0.583. The van der Waals surface area contributed by atoms with Crippen molar-refractivity contribution in [2.75, 3.05) is 25.9 Å². The molecule has 0 bridgehead atoms. The highest BCUT2D eigenvalue weighted by Gasteiger charge is 2.01. The average molecular weight is 430 g/mol. The number of hydrogen-bond donors (Lipinski definition) is 3. The van der Waals surface area contributed by atoms with Gasteiger partial charge in [-0.15, -0.1) is 24.0 Å². The molecule has 0 aromatic carbocycles. The van der Waals surface area contributed by atoms with Gasteiger partial charge in [-0.1, -0.05) is 0 Å². The van der Waals surface area contributed by atoms with Gasteiger partial charge in [-0.25, -0.2) is 18.1 Å². The molecule has 0 saturated heterocycles. The molecule has 1 aromatic heterocycles. The molecule has 21 heavy (non-hydrogen) atoms. The van der Waals surface area contributed by atoms with E-state index in [0.717, 1.165) is 18.6 Å². The fourth-order valence-corrected chi connectivity index (χ4v) is 1.97. The largest absolute Gasteiger partial charge is 0.467 e. The fourth-order valence-electron chi connectivity index (χ4n) is 1.45. The highest BCUT2D eigenvalue weighted by molar-refractivity contribution is 14.0. The number of hydrogen-bond acceptors (Lipinski definition) is 4. The molecular weight excluding hydrogens is 407 g/mol. The molecule has 0 atom stereocenters. The Morgan fingerprint density at radius 1 is 1.33 bits per heavy atom. The van der Waals surface area contributed by atoms with E-state index >= 15 is 0 Å². The monoisotopic (exact) mass is 430 g/mol. The molecule has 0 aliphatic rings. The summed E-state index contributed by atoms with van der Waals surface area (Å²) in [5, 5.41) is 6.24. The number of halogens is 1. The number of sulfonamides is 1. The molecule has 0 aliphatic heterocycles. The Labute approximate surface area is 143 Å². The molecular formula is C12H23IN4O3S. The Morgan fingerprint density at radius 3 is 2.67 bits per heavy atom. The molecule has 0 saturated carbocycles. The molecule has 7 nitrogen and oxygen atoms in total. The number of guanidine groups is 1. The van der Waals surface area contributed by atoms with Gasteiger partial charge in [0, 0.05) is 19.6 Å². The first-order valence-corrected chi connectivity index (χ1v) is 8.39. The van der Waals surface area contributed by atoms with Crippen LogP contribution in [0.25, 0.3) is 0 Å². The Morgan fingerprint density at radius 2 is 2.10 bits per heavy atom. The van der Waals surface area contributed by atoms with Crippen LogP contribution in [0.2, 0.25) is 0 Å². The van der Waals surface area contributed by atoms with E-state index in [4.69, 9.17) is 4.42 Å². The van der Waals surface area contributed by atoms with E-state index < -0.39 is 10.0 Å². The maximum absolute atomic E-state index is 10.9. The van der Waals surface area contributed by atoms with E-state index in [1.165, 1.54) is 0 Å². The van der Waals surface area contributed by atoms with Crippen molar-refractivity contribution in [3.8, 4) is 0 Å². The summed E-state index contributed by atoms with van der Waals surface area (Å²) in [5.41, 5.74) is 0. The SMILES string of the molecule is CCNC(=NCc1ccco1)NCCCNS(C)(=O)=O.I. The third kappa shape index (κ3) is 10.5. The zero-order chi connectivity index (χ0) is 14.8. The topological polar surface area (TPSA) is 95.7 Å². The lowest BCUT2D eigenvalue weighted by atomic mass is 10.4. The van der Waals surface area contributed by atoms with Crippen molar-refractivity contribution in [2.45, 2.75) is 19.9 Å². The lowest BCUT2D eigenvalue weighted by Crippen LogP contribution is -2.38. The third-order valence-corrected chi connectivity index (χ3v) is 3.06. The summed E-state index contributed by atoms with van der Waals surface area (Å²) in [5.74, 6) is 1.48. The van der Waals surface area contributed by atoms with Crippen molar-refractivity contribution in [2.24, 2.45) is 4.99 Å². The van der Waals surface area contributed by atoms with Crippen LogP contribution >= 0.6 is 24.0 Å². The minimum absolute atomic E-state index is 0. The molecule has 122 valence electrons. The number of furan rings is 1. The zero-order valence-corrected chi connectivity index (χ0v) is 15.4. The first-order valence-electron chi connectivity index (χ1n) is 6.50. The van der Waals surface area contributed by atoms with Crippen molar-refractivity contribution in [1.82, 2.24) is 15.4 Å². The summed E-state index contributed by atoms with van der Waals surface area (Å²) in [6, 6.07) is 3.69. The number of nitrogens with one attached hydrogen (secondary N) is 3. The summed E-state index contributed by atoms with van der Waals surface area (Å²) < 4.78 is 29.4. The number of rotatable bonds is 8. The molecule has 1 rings (SSSR count). The van der Waals surface area contributed by atoms with Gasteiger partial charge in [0.05, 0.1) is 12.5 Å². The van der Waals surface area contributed by atoms with Gasteiger partial charge in [0.1, 0.15) is 12.3 Å². The average Bonchev–Trinajstić information content (AvgIpc) is 2.87. The molecule has 0 radical (unpaired) electrons. The Hall–Kier alpha value is -0.810. The van der Waals surface area contributed by atoms with Crippen LogP contribution in [-0.4, -0.2) is 40.3 Å². The van der Waals surface area contributed by atoms with Gasteiger partial charge in [0.15, 0.2) is 5.96 Å². The van der Waals surface area contributed by atoms with Crippen LogP contribution in [0.1, 0.15) is 19.1 Å². The predicted octanol–water partition coefficient (Wildman–Crippen LogP) is 0.892. The summed E-state index contributed by atoms with van der Waals surface area (Å²) in [6.07, 6.45) is 3.44. The Kier molecular flexibility index (Phi) is 10.4. The molecule has 0 fully saturated rings. The van der Waals surface area contributed by atoms with Crippen LogP contribution in [0.3, 0.4) is 0 Å². The van der Waals surface area contributed by atoms with Gasteiger partial charge < -0.3 is 15.1 Å². The van der Waals surface area contributed by atoms with Gasteiger partial charge in [0.25, 0.3) is 0 Å². The van der Waals surface area contributed by atoms with E-state index in [9.17, 15) is 8.42 Å². The molecule has 9 heteroatoms. The van der Waals surface area contributed by atoms with Gasteiger partial charge in [-0.05, 0) is 25.5 Å². The minimum Gasteiger partial charge on any atom is -0.467 e. The number of aliphatic imine (C=N–C) groups is 1. The zero-order valence-electron chi connectivity index (χ0n) is 12.3. The van der Waals surface area contributed by atoms with E-state index in [1.807, 2.05) is 19.1 Å². The van der Waals surface area contributed by atoms with Crippen LogP contribution in [0.4, 0.5) is 0 Å². The molecule has 0 aliphatic carbocycles. The second-order valence-electron chi connectivity index (χ2n) is 4.22. The van der Waals surface area contributed by atoms with Crippen molar-refractivity contribution in [3.63, 3.8) is 0 Å². The smallest absolute Gasteiger partial charge is 0.208 e. The molecule has 0 unspecified atom stereocenters. The Bertz CT molecular complexity index is 503. The van der Waals surface area contributed by atoms with E-state index in [2.05, 4.69) is 20.3 Å². The molecule has 0 amide bonds. The second kappa shape index (κ2) is 10.9. The molecule has 3 N–H and O–H groups in total. The van der Waals surface area contributed by atoms with E-state index in [1.54, 1.807) is 6.26 Å². The van der Waals surface area contributed by atoms with Crippen molar-refractivity contribution >= 4 is 40.0 Å². The maximum atomic E-state index is 10.9. The lowest BCUT2D eigenvalue weighted by molar-refractivity contribution is 0.512. The molecule has 1 aromatic rings. The van der Waals surface area contributed by atoms with Gasteiger partial charge in [-0.2, -0.15) is 0 Å². The summed E-state index contributed by atoms with van der Waals surface area (Å²) in [7, 11) is -3.11. The van der Waals surface area contributed by atoms with Gasteiger partial charge in [0.2, 0.25) is 10.0 Å². The summed E-state index contributed by atoms with van der Waals surface area (Å²) in [4.78, 5) is 4.36. The quantitative estimate of drug-likeness (QED) is 0.247. The predicted molar refractivity (Wildman–Crippen MR) is 94.4 cm³/mol.